The van der Waals surface area contributed by atoms with E-state index in [1.165, 1.54) is 12.4 Å². The van der Waals surface area contributed by atoms with E-state index in [0.717, 1.165) is 24.8 Å². The molecule has 1 amide bonds. The van der Waals surface area contributed by atoms with Gasteiger partial charge in [0, 0.05) is 25.8 Å². The van der Waals surface area contributed by atoms with Crippen LogP contribution >= 0.6 is 0 Å². The third-order valence-electron chi connectivity index (χ3n) is 4.81. The molecule has 1 aromatic heterocycles. The number of amides is 1. The molecule has 0 bridgehead atoms. The van der Waals surface area contributed by atoms with Crippen LogP contribution in [0.15, 0.2) is 24.5 Å². The zero-order valence-corrected chi connectivity index (χ0v) is 16.4. The highest BCUT2D eigenvalue weighted by molar-refractivity contribution is 5.90. The lowest BCUT2D eigenvalue weighted by molar-refractivity contribution is 0.0260. The lowest BCUT2D eigenvalue weighted by Gasteiger charge is -2.34. The largest absolute Gasteiger partial charge is 0.490 e. The minimum absolute atomic E-state index is 0.0294. The molecule has 152 valence electrons. The highest BCUT2D eigenvalue weighted by atomic mass is 19.1. The fraction of sp³-hybridized carbons (Fsp3) is 0.550. The van der Waals surface area contributed by atoms with E-state index < -0.39 is 5.82 Å². The van der Waals surface area contributed by atoms with E-state index in [-0.39, 0.29) is 23.5 Å². The molecule has 1 N–H and O–H groups in total. The Morgan fingerprint density at radius 3 is 2.86 bits per heavy atom. The Hall–Kier alpha value is -2.48. The number of ether oxygens (including phenoxy) is 2. The molecule has 8 heteroatoms. The maximum absolute atomic E-state index is 14.1. The molecular weight excluding hydrogens is 363 g/mol. The number of rotatable bonds is 8. The van der Waals surface area contributed by atoms with Crippen molar-refractivity contribution in [2.75, 3.05) is 19.8 Å². The van der Waals surface area contributed by atoms with E-state index >= 15 is 0 Å². The van der Waals surface area contributed by atoms with Gasteiger partial charge in [0.2, 0.25) is 5.82 Å². The number of H-pyrrole nitrogens is 1. The summed E-state index contributed by atoms with van der Waals surface area (Å²) in [6.45, 7) is 6.20. The van der Waals surface area contributed by atoms with Gasteiger partial charge in [0.25, 0.3) is 5.91 Å². The van der Waals surface area contributed by atoms with E-state index in [1.807, 2.05) is 0 Å². The number of carbonyl (C=O) groups excluding carboxylic acids is 1. The maximum atomic E-state index is 14.1. The van der Waals surface area contributed by atoms with Gasteiger partial charge in [0.15, 0.2) is 11.6 Å². The summed E-state index contributed by atoms with van der Waals surface area (Å²) in [5.74, 6) is 0.275. The van der Waals surface area contributed by atoms with Crippen LogP contribution in [0, 0.1) is 11.7 Å². The number of carbonyl (C=O) groups is 1. The van der Waals surface area contributed by atoms with Crippen LogP contribution in [0.4, 0.5) is 4.39 Å². The van der Waals surface area contributed by atoms with Crippen LogP contribution in [0.5, 0.6) is 5.75 Å². The Morgan fingerprint density at radius 2 is 2.18 bits per heavy atom. The molecule has 1 aromatic carbocycles. The highest BCUT2D eigenvalue weighted by Crippen LogP contribution is 2.24. The first-order valence-corrected chi connectivity index (χ1v) is 9.70. The Balaban J connectivity index is 1.77. The second kappa shape index (κ2) is 9.64. The van der Waals surface area contributed by atoms with Crippen LogP contribution in [0.25, 0.3) is 0 Å². The second-order valence-electron chi connectivity index (χ2n) is 7.41. The quantitative estimate of drug-likeness (QED) is 0.749. The predicted octanol–water partition coefficient (Wildman–Crippen LogP) is 3.19. The van der Waals surface area contributed by atoms with Crippen LogP contribution < -0.4 is 4.74 Å². The summed E-state index contributed by atoms with van der Waals surface area (Å²) >= 11 is 0. The molecule has 0 saturated carbocycles. The van der Waals surface area contributed by atoms with Crippen molar-refractivity contribution < 1.29 is 18.7 Å². The number of aromatic nitrogens is 3. The molecule has 0 unspecified atom stereocenters. The molecule has 0 radical (unpaired) electrons. The smallest absolute Gasteiger partial charge is 0.291 e. The van der Waals surface area contributed by atoms with Crippen molar-refractivity contribution in [3.63, 3.8) is 0 Å². The zero-order valence-electron chi connectivity index (χ0n) is 16.4. The summed E-state index contributed by atoms with van der Waals surface area (Å²) in [5, 5.41) is 6.41. The summed E-state index contributed by atoms with van der Waals surface area (Å²) in [5.41, 5.74) is 0.806. The number of benzene rings is 1. The second-order valence-corrected chi connectivity index (χ2v) is 7.41. The Morgan fingerprint density at radius 1 is 1.39 bits per heavy atom. The monoisotopic (exact) mass is 390 g/mol. The fourth-order valence-corrected chi connectivity index (χ4v) is 3.17. The van der Waals surface area contributed by atoms with Gasteiger partial charge in [0.05, 0.1) is 6.61 Å². The lowest BCUT2D eigenvalue weighted by atomic mass is 10.1. The molecular formula is C20H27FN4O3. The number of nitrogens with zero attached hydrogens (tertiary/aromatic N) is 3. The van der Waals surface area contributed by atoms with Crippen molar-refractivity contribution >= 4 is 5.91 Å². The van der Waals surface area contributed by atoms with Gasteiger partial charge in [-0.3, -0.25) is 9.89 Å². The molecule has 3 rings (SSSR count). The van der Waals surface area contributed by atoms with E-state index in [2.05, 4.69) is 29.0 Å². The van der Waals surface area contributed by atoms with E-state index in [9.17, 15) is 9.18 Å². The first kappa shape index (κ1) is 20.3. The van der Waals surface area contributed by atoms with Gasteiger partial charge in [-0.15, -0.1) is 0 Å². The Labute approximate surface area is 164 Å². The molecule has 0 aliphatic carbocycles. The number of halogens is 1. The number of aromatic amines is 1. The van der Waals surface area contributed by atoms with Crippen molar-refractivity contribution in [3.8, 4) is 5.75 Å². The van der Waals surface area contributed by atoms with Crippen molar-refractivity contribution in [1.29, 1.82) is 0 Å². The molecule has 0 spiro atoms. The Bertz CT molecular complexity index is 761. The molecule has 1 saturated heterocycles. The highest BCUT2D eigenvalue weighted by Gasteiger charge is 2.28. The van der Waals surface area contributed by atoms with Gasteiger partial charge in [-0.2, -0.15) is 5.10 Å². The van der Waals surface area contributed by atoms with Crippen molar-refractivity contribution in [2.24, 2.45) is 5.92 Å². The van der Waals surface area contributed by atoms with Crippen molar-refractivity contribution in [1.82, 2.24) is 20.1 Å². The van der Waals surface area contributed by atoms with Gasteiger partial charge >= 0.3 is 0 Å². The molecule has 1 fully saturated rings. The first-order chi connectivity index (χ1) is 13.5. The van der Waals surface area contributed by atoms with Crippen LogP contribution in [-0.2, 0) is 11.3 Å². The average molecular weight is 390 g/mol. The van der Waals surface area contributed by atoms with Gasteiger partial charge in [-0.1, -0.05) is 19.9 Å². The van der Waals surface area contributed by atoms with Crippen LogP contribution in [0.1, 0.15) is 49.3 Å². The fourth-order valence-electron chi connectivity index (χ4n) is 3.17. The molecule has 28 heavy (non-hydrogen) atoms. The molecule has 0 atom stereocenters. The van der Waals surface area contributed by atoms with Crippen LogP contribution in [-0.4, -0.2) is 51.9 Å². The van der Waals surface area contributed by atoms with Gasteiger partial charge in [-0.05, 0) is 42.9 Å². The first-order valence-electron chi connectivity index (χ1n) is 9.70. The van der Waals surface area contributed by atoms with Crippen molar-refractivity contribution in [2.45, 2.75) is 45.7 Å². The molecule has 2 aromatic rings. The SMILES string of the molecule is CC(C)CCOc1cc(CN(C(=O)c2ncn[nH]2)C2CCOCC2)ccc1F. The summed E-state index contributed by atoms with van der Waals surface area (Å²) in [6.07, 6.45) is 3.66. The molecule has 1 aliphatic heterocycles. The normalized spacial score (nSPS) is 15.0. The maximum Gasteiger partial charge on any atom is 0.291 e. The van der Waals surface area contributed by atoms with Crippen molar-refractivity contribution in [3.05, 3.63) is 41.7 Å². The minimum Gasteiger partial charge on any atom is -0.490 e. The van der Waals surface area contributed by atoms with Gasteiger partial charge in [-0.25, -0.2) is 9.37 Å². The summed E-state index contributed by atoms with van der Waals surface area (Å²) < 4.78 is 25.2. The van der Waals surface area contributed by atoms with Gasteiger partial charge < -0.3 is 14.4 Å². The van der Waals surface area contributed by atoms with Crippen LogP contribution in [0.3, 0.4) is 0 Å². The average Bonchev–Trinajstić information content (AvgIpc) is 3.23. The number of hydrogen-bond donors (Lipinski definition) is 1. The standard InChI is InChI=1S/C20H27FN4O3/c1-14(2)5-10-28-18-11-15(3-4-17(18)21)12-25(16-6-8-27-9-7-16)20(26)19-22-13-23-24-19/h3-4,11,13-14,16H,5-10,12H2,1-2H3,(H,22,23,24). The molecule has 1 aliphatic rings. The van der Waals surface area contributed by atoms with E-state index in [1.54, 1.807) is 17.0 Å². The number of nitrogens with one attached hydrogen (secondary N) is 1. The Kier molecular flexibility index (Phi) is 6.97. The van der Waals surface area contributed by atoms with E-state index in [0.29, 0.717) is 32.3 Å². The summed E-state index contributed by atoms with van der Waals surface area (Å²) in [7, 11) is 0. The van der Waals surface area contributed by atoms with Crippen LogP contribution in [0.2, 0.25) is 0 Å². The summed E-state index contributed by atoms with van der Waals surface area (Å²) in [4.78, 5) is 18.7. The van der Waals surface area contributed by atoms with E-state index in [4.69, 9.17) is 9.47 Å². The topological polar surface area (TPSA) is 80.3 Å². The third kappa shape index (κ3) is 5.28. The lowest BCUT2D eigenvalue weighted by Crippen LogP contribution is -2.43. The zero-order chi connectivity index (χ0) is 19.9. The predicted molar refractivity (Wildman–Crippen MR) is 101 cm³/mol. The number of hydrogen-bond acceptors (Lipinski definition) is 5. The third-order valence-corrected chi connectivity index (χ3v) is 4.81. The summed E-state index contributed by atoms with van der Waals surface area (Å²) in [6, 6.07) is 4.78. The minimum atomic E-state index is -0.397. The molecule has 2 heterocycles. The molecule has 7 nitrogen and oxygen atoms in total. The van der Waals surface area contributed by atoms with Gasteiger partial charge in [0.1, 0.15) is 6.33 Å².